The van der Waals surface area contributed by atoms with Crippen LogP contribution >= 0.6 is 11.6 Å². The molecule has 25 heavy (non-hydrogen) atoms. The molecule has 0 saturated carbocycles. The van der Waals surface area contributed by atoms with E-state index in [9.17, 15) is 14.4 Å². The van der Waals surface area contributed by atoms with Gasteiger partial charge in [-0.05, 0) is 30.7 Å². The lowest BCUT2D eigenvalue weighted by atomic mass is 10.1. The lowest BCUT2D eigenvalue weighted by Crippen LogP contribution is -2.35. The molecule has 1 N–H and O–H groups in total. The normalized spacial score (nSPS) is 14.4. The van der Waals surface area contributed by atoms with Crippen molar-refractivity contribution in [3.8, 4) is 0 Å². The van der Waals surface area contributed by atoms with E-state index in [1.54, 1.807) is 30.3 Å². The highest BCUT2D eigenvalue weighted by Gasteiger charge is 2.35. The van der Waals surface area contributed by atoms with E-state index in [2.05, 4.69) is 5.32 Å². The molecule has 0 radical (unpaired) electrons. The van der Waals surface area contributed by atoms with Crippen molar-refractivity contribution in [2.24, 2.45) is 0 Å². The van der Waals surface area contributed by atoms with Crippen molar-refractivity contribution in [2.45, 2.75) is 19.4 Å². The second-order valence-corrected chi connectivity index (χ2v) is 6.28. The lowest BCUT2D eigenvalue weighted by Gasteiger charge is -2.17. The van der Waals surface area contributed by atoms with Crippen molar-refractivity contribution >= 4 is 29.3 Å². The summed E-state index contributed by atoms with van der Waals surface area (Å²) >= 11 is 6.12. The molecule has 1 heterocycles. The van der Waals surface area contributed by atoms with Crippen LogP contribution in [0.3, 0.4) is 0 Å². The number of rotatable bonds is 5. The van der Waals surface area contributed by atoms with Gasteiger partial charge in [0.2, 0.25) is 5.91 Å². The van der Waals surface area contributed by atoms with Gasteiger partial charge in [0.1, 0.15) is 0 Å². The Morgan fingerprint density at radius 2 is 1.60 bits per heavy atom. The number of hydrogen-bond acceptors (Lipinski definition) is 3. The first kappa shape index (κ1) is 17.2. The monoisotopic (exact) mass is 356 g/mol. The van der Waals surface area contributed by atoms with Crippen molar-refractivity contribution in [3.63, 3.8) is 0 Å². The Balaban J connectivity index is 1.59. The van der Waals surface area contributed by atoms with E-state index >= 15 is 0 Å². The molecule has 6 heteroatoms. The fourth-order valence-electron chi connectivity index (χ4n) is 2.87. The predicted molar refractivity (Wildman–Crippen MR) is 94.4 cm³/mol. The fourth-order valence-corrected chi connectivity index (χ4v) is 3.17. The molecule has 1 aliphatic rings. The van der Waals surface area contributed by atoms with Gasteiger partial charge in [0, 0.05) is 18.0 Å². The third-order valence-electron chi connectivity index (χ3n) is 4.19. The summed E-state index contributed by atoms with van der Waals surface area (Å²) in [6.45, 7) is 1.88. The molecule has 1 aliphatic heterocycles. The number of imide groups is 1. The van der Waals surface area contributed by atoms with E-state index in [1.807, 2.05) is 25.1 Å². The fraction of sp³-hybridized carbons (Fsp3) is 0.211. The highest BCUT2D eigenvalue weighted by Crippen LogP contribution is 2.23. The van der Waals surface area contributed by atoms with Crippen LogP contribution in [0.2, 0.25) is 5.02 Å². The molecule has 128 valence electrons. The van der Waals surface area contributed by atoms with E-state index in [-0.39, 0.29) is 36.7 Å². The molecule has 0 saturated heterocycles. The van der Waals surface area contributed by atoms with Crippen molar-refractivity contribution in [1.82, 2.24) is 10.2 Å². The van der Waals surface area contributed by atoms with Gasteiger partial charge in [-0.15, -0.1) is 0 Å². The molecule has 0 spiro atoms. The number of nitrogens with one attached hydrogen (secondary N) is 1. The molecule has 3 amide bonds. The van der Waals surface area contributed by atoms with Gasteiger partial charge < -0.3 is 5.32 Å². The van der Waals surface area contributed by atoms with Gasteiger partial charge in [-0.25, -0.2) is 0 Å². The summed E-state index contributed by atoms with van der Waals surface area (Å²) in [5.74, 6) is -0.955. The van der Waals surface area contributed by atoms with Crippen molar-refractivity contribution in [2.75, 3.05) is 6.54 Å². The van der Waals surface area contributed by atoms with E-state index in [0.717, 1.165) is 10.5 Å². The number of nitrogens with zero attached hydrogens (tertiary/aromatic N) is 1. The van der Waals surface area contributed by atoms with Gasteiger partial charge in [-0.2, -0.15) is 0 Å². The Labute approximate surface area is 150 Å². The van der Waals surface area contributed by atoms with Crippen LogP contribution in [0, 0.1) is 0 Å². The molecule has 5 nitrogen and oxygen atoms in total. The standard InChI is InChI=1S/C19H17ClN2O3/c1-12(13-6-4-5-9-16(13)20)21-17(23)10-11-22-18(24)14-7-2-3-8-15(14)19(22)25/h2-9,12H,10-11H2,1H3,(H,21,23)/t12-/m0/s1. The van der Waals surface area contributed by atoms with Gasteiger partial charge in [-0.1, -0.05) is 41.9 Å². The first-order chi connectivity index (χ1) is 12.0. The Hall–Kier alpha value is -2.66. The third-order valence-corrected chi connectivity index (χ3v) is 4.53. The average molecular weight is 357 g/mol. The highest BCUT2D eigenvalue weighted by molar-refractivity contribution is 6.31. The van der Waals surface area contributed by atoms with Gasteiger partial charge in [0.05, 0.1) is 17.2 Å². The zero-order chi connectivity index (χ0) is 18.0. The summed E-state index contributed by atoms with van der Waals surface area (Å²) < 4.78 is 0. The van der Waals surface area contributed by atoms with E-state index in [4.69, 9.17) is 11.6 Å². The van der Waals surface area contributed by atoms with Crippen molar-refractivity contribution < 1.29 is 14.4 Å². The van der Waals surface area contributed by atoms with Crippen LogP contribution in [0.15, 0.2) is 48.5 Å². The minimum absolute atomic E-state index is 0.0419. The van der Waals surface area contributed by atoms with E-state index in [1.165, 1.54) is 0 Å². The van der Waals surface area contributed by atoms with Crippen LogP contribution in [0.5, 0.6) is 0 Å². The second-order valence-electron chi connectivity index (χ2n) is 5.87. The highest BCUT2D eigenvalue weighted by atomic mass is 35.5. The minimum Gasteiger partial charge on any atom is -0.349 e. The molecule has 0 fully saturated rings. The molecule has 0 aromatic heterocycles. The van der Waals surface area contributed by atoms with Crippen LogP contribution in [0.4, 0.5) is 0 Å². The molecule has 1 atom stereocenters. The maximum Gasteiger partial charge on any atom is 0.261 e. The van der Waals surface area contributed by atoms with E-state index in [0.29, 0.717) is 16.1 Å². The number of hydrogen-bond donors (Lipinski definition) is 1. The van der Waals surface area contributed by atoms with Crippen LogP contribution in [0.25, 0.3) is 0 Å². The number of halogens is 1. The quantitative estimate of drug-likeness (QED) is 0.836. The molecule has 0 unspecified atom stereocenters. The molecule has 0 bridgehead atoms. The maximum absolute atomic E-state index is 12.3. The zero-order valence-electron chi connectivity index (χ0n) is 13.7. The van der Waals surface area contributed by atoms with Crippen LogP contribution in [-0.4, -0.2) is 29.2 Å². The maximum atomic E-state index is 12.3. The summed E-state index contributed by atoms with van der Waals surface area (Å²) in [5, 5.41) is 3.42. The van der Waals surface area contributed by atoms with Crippen LogP contribution in [0.1, 0.15) is 45.7 Å². The Morgan fingerprint density at radius 1 is 1.04 bits per heavy atom. The summed E-state index contributed by atoms with van der Waals surface area (Å²) in [5.41, 5.74) is 1.59. The van der Waals surface area contributed by atoms with Gasteiger partial charge in [0.25, 0.3) is 11.8 Å². The predicted octanol–water partition coefficient (Wildman–Crippen LogP) is 3.20. The van der Waals surface area contributed by atoms with Crippen LogP contribution < -0.4 is 5.32 Å². The van der Waals surface area contributed by atoms with E-state index < -0.39 is 0 Å². The number of carbonyl (C=O) groups excluding carboxylic acids is 3. The SMILES string of the molecule is C[C@H](NC(=O)CCN1C(=O)c2ccccc2C1=O)c1ccccc1Cl. The lowest BCUT2D eigenvalue weighted by molar-refractivity contribution is -0.121. The topological polar surface area (TPSA) is 66.5 Å². The first-order valence-electron chi connectivity index (χ1n) is 7.98. The zero-order valence-corrected chi connectivity index (χ0v) is 14.4. The van der Waals surface area contributed by atoms with Gasteiger partial charge in [-0.3, -0.25) is 19.3 Å². The molecule has 3 rings (SSSR count). The Morgan fingerprint density at radius 3 is 2.20 bits per heavy atom. The second kappa shape index (κ2) is 7.07. The van der Waals surface area contributed by atoms with Gasteiger partial charge in [0.15, 0.2) is 0 Å². The smallest absolute Gasteiger partial charge is 0.261 e. The van der Waals surface area contributed by atoms with Crippen LogP contribution in [-0.2, 0) is 4.79 Å². The number of carbonyl (C=O) groups is 3. The molecule has 2 aromatic carbocycles. The number of amides is 3. The van der Waals surface area contributed by atoms with Crippen molar-refractivity contribution in [1.29, 1.82) is 0 Å². The summed E-state index contributed by atoms with van der Waals surface area (Å²) in [6, 6.07) is 13.7. The first-order valence-corrected chi connectivity index (χ1v) is 8.36. The Bertz CT molecular complexity index is 815. The molecular weight excluding hydrogens is 340 g/mol. The Kier molecular flexibility index (Phi) is 4.86. The molecule has 0 aliphatic carbocycles. The largest absolute Gasteiger partial charge is 0.349 e. The summed E-state index contributed by atoms with van der Waals surface area (Å²) in [4.78, 5) is 37.8. The summed E-state index contributed by atoms with van der Waals surface area (Å²) in [6.07, 6.45) is 0.0419. The number of fused-ring (bicyclic) bond motifs is 1. The number of benzene rings is 2. The average Bonchev–Trinajstić information content (AvgIpc) is 2.85. The summed E-state index contributed by atoms with van der Waals surface area (Å²) in [7, 11) is 0. The molecular formula is C19H17ClN2O3. The third kappa shape index (κ3) is 3.42. The van der Waals surface area contributed by atoms with Gasteiger partial charge >= 0.3 is 0 Å². The van der Waals surface area contributed by atoms with Crippen molar-refractivity contribution in [3.05, 3.63) is 70.2 Å². The minimum atomic E-state index is -0.354. The molecule has 2 aromatic rings.